The molecule has 1 aliphatic rings. The van der Waals surface area contributed by atoms with Crippen LogP contribution in [0.1, 0.15) is 6.42 Å². The van der Waals surface area contributed by atoms with Crippen molar-refractivity contribution in [2.75, 3.05) is 25.2 Å². The molecular formula is C16H16F2N2O3. The average Bonchev–Trinajstić information content (AvgIpc) is 2.91. The molecule has 1 aromatic carbocycles. The maximum Gasteiger partial charge on any atom is 0.227 e. The van der Waals surface area contributed by atoms with Crippen LogP contribution in [0.5, 0.6) is 0 Å². The molecule has 1 saturated heterocycles. The molecule has 2 amide bonds. The molecule has 2 rings (SSSR count). The van der Waals surface area contributed by atoms with Gasteiger partial charge >= 0.3 is 0 Å². The summed E-state index contributed by atoms with van der Waals surface area (Å²) in [7, 11) is 1.46. The van der Waals surface area contributed by atoms with E-state index in [1.807, 2.05) is 0 Å². The third kappa shape index (κ3) is 3.85. The number of hydrogen-bond acceptors (Lipinski definition) is 3. The van der Waals surface area contributed by atoms with Gasteiger partial charge in [0, 0.05) is 31.8 Å². The van der Waals surface area contributed by atoms with Gasteiger partial charge in [0.1, 0.15) is 6.04 Å². The van der Waals surface area contributed by atoms with E-state index in [0.29, 0.717) is 0 Å². The maximum absolute atomic E-state index is 13.3. The van der Waals surface area contributed by atoms with Crippen molar-refractivity contribution in [3.05, 3.63) is 29.8 Å². The molecule has 5 nitrogen and oxygen atoms in total. The summed E-state index contributed by atoms with van der Waals surface area (Å²) in [6.45, 7) is 0.246. The van der Waals surface area contributed by atoms with Crippen molar-refractivity contribution in [3.63, 3.8) is 0 Å². The molecule has 23 heavy (non-hydrogen) atoms. The molecule has 1 fully saturated rings. The number of carbonyl (C=O) groups is 2. The lowest BCUT2D eigenvalue weighted by Gasteiger charge is -2.18. The van der Waals surface area contributed by atoms with E-state index in [0.717, 1.165) is 12.1 Å². The van der Waals surface area contributed by atoms with Gasteiger partial charge in [-0.3, -0.25) is 9.59 Å². The summed E-state index contributed by atoms with van der Waals surface area (Å²) in [5, 5.41) is 2.61. The van der Waals surface area contributed by atoms with E-state index in [1.165, 1.54) is 18.1 Å². The number of methoxy groups -OCH3 is 1. The van der Waals surface area contributed by atoms with Crippen LogP contribution in [0.3, 0.4) is 0 Å². The zero-order chi connectivity index (χ0) is 17.0. The van der Waals surface area contributed by atoms with E-state index < -0.39 is 23.6 Å². The molecule has 0 unspecified atom stereocenters. The van der Waals surface area contributed by atoms with Gasteiger partial charge in [0.2, 0.25) is 11.8 Å². The molecule has 1 aromatic rings. The fourth-order valence-electron chi connectivity index (χ4n) is 2.37. The summed E-state index contributed by atoms with van der Waals surface area (Å²) in [4.78, 5) is 25.4. The number of terminal acetylenes is 1. The third-order valence-electron chi connectivity index (χ3n) is 3.56. The van der Waals surface area contributed by atoms with Crippen LogP contribution in [-0.4, -0.2) is 38.1 Å². The van der Waals surface area contributed by atoms with Crippen LogP contribution in [0.2, 0.25) is 0 Å². The van der Waals surface area contributed by atoms with E-state index in [1.54, 1.807) is 0 Å². The summed E-state index contributed by atoms with van der Waals surface area (Å²) in [6, 6.07) is 2.59. The van der Waals surface area contributed by atoms with Crippen LogP contribution in [0.25, 0.3) is 0 Å². The van der Waals surface area contributed by atoms with Crippen LogP contribution in [0, 0.1) is 29.9 Å². The molecule has 0 bridgehead atoms. The molecule has 122 valence electrons. The summed E-state index contributed by atoms with van der Waals surface area (Å²) in [6.07, 6.45) is 5.26. The van der Waals surface area contributed by atoms with E-state index in [-0.39, 0.29) is 37.1 Å². The summed E-state index contributed by atoms with van der Waals surface area (Å²) in [5.74, 6) is -0.975. The van der Waals surface area contributed by atoms with Crippen LogP contribution in [0.4, 0.5) is 14.5 Å². The van der Waals surface area contributed by atoms with Crippen molar-refractivity contribution in [3.8, 4) is 12.3 Å². The number of halogens is 2. The standard InChI is InChI=1S/C16H16F2N2O3/c1-3-11(9-23-2)19-16(22)10-6-15(21)20(8-10)12-4-5-13(17)14(18)7-12/h1,4-5,7,10-11H,6,8-9H2,2H3,(H,19,22)/t10-,11+/m0/s1. The lowest BCUT2D eigenvalue weighted by molar-refractivity contribution is -0.126. The normalized spacial score (nSPS) is 18.6. The number of carbonyl (C=O) groups excluding carboxylic acids is 2. The largest absolute Gasteiger partial charge is 0.382 e. The number of amides is 2. The van der Waals surface area contributed by atoms with Crippen LogP contribution in [0.15, 0.2) is 18.2 Å². The summed E-state index contributed by atoms with van der Waals surface area (Å²) < 4.78 is 31.1. The van der Waals surface area contributed by atoms with Crippen molar-refractivity contribution in [1.29, 1.82) is 0 Å². The van der Waals surface area contributed by atoms with E-state index >= 15 is 0 Å². The zero-order valence-electron chi connectivity index (χ0n) is 12.5. The highest BCUT2D eigenvalue weighted by molar-refractivity contribution is 6.00. The molecule has 0 aromatic heterocycles. The molecule has 0 spiro atoms. The Hall–Kier alpha value is -2.46. The quantitative estimate of drug-likeness (QED) is 0.826. The van der Waals surface area contributed by atoms with Crippen molar-refractivity contribution in [2.24, 2.45) is 5.92 Å². The van der Waals surface area contributed by atoms with Crippen molar-refractivity contribution in [2.45, 2.75) is 12.5 Å². The molecule has 1 N–H and O–H groups in total. The van der Waals surface area contributed by atoms with E-state index in [9.17, 15) is 18.4 Å². The lowest BCUT2D eigenvalue weighted by Crippen LogP contribution is -2.41. The second-order valence-electron chi connectivity index (χ2n) is 5.19. The lowest BCUT2D eigenvalue weighted by atomic mass is 10.1. The fourth-order valence-corrected chi connectivity index (χ4v) is 2.37. The van der Waals surface area contributed by atoms with Gasteiger partial charge in [-0.05, 0) is 12.1 Å². The molecule has 1 aliphatic heterocycles. The SMILES string of the molecule is C#C[C@H](COC)NC(=O)[C@H]1CC(=O)N(c2ccc(F)c(F)c2)C1. The van der Waals surface area contributed by atoms with Crippen molar-refractivity contribution < 1.29 is 23.1 Å². The smallest absolute Gasteiger partial charge is 0.227 e. The zero-order valence-corrected chi connectivity index (χ0v) is 12.5. The Labute approximate surface area is 132 Å². The Morgan fingerprint density at radius 2 is 2.26 bits per heavy atom. The highest BCUT2D eigenvalue weighted by Crippen LogP contribution is 2.26. The van der Waals surface area contributed by atoms with Gasteiger partial charge < -0.3 is 15.0 Å². The topological polar surface area (TPSA) is 58.6 Å². The van der Waals surface area contributed by atoms with Crippen LogP contribution in [-0.2, 0) is 14.3 Å². The highest BCUT2D eigenvalue weighted by Gasteiger charge is 2.35. The van der Waals surface area contributed by atoms with Gasteiger partial charge in [-0.2, -0.15) is 0 Å². The first-order valence-electron chi connectivity index (χ1n) is 6.97. The Morgan fingerprint density at radius 3 is 2.87 bits per heavy atom. The second kappa shape index (κ2) is 7.20. The third-order valence-corrected chi connectivity index (χ3v) is 3.56. The molecule has 1 heterocycles. The first-order chi connectivity index (χ1) is 11.0. The van der Waals surface area contributed by atoms with Gasteiger partial charge in [0.15, 0.2) is 11.6 Å². The molecular weight excluding hydrogens is 306 g/mol. The van der Waals surface area contributed by atoms with Gasteiger partial charge in [0.05, 0.1) is 12.5 Å². The number of benzene rings is 1. The molecule has 0 radical (unpaired) electrons. The summed E-state index contributed by atoms with van der Waals surface area (Å²) in [5.41, 5.74) is 0.217. The maximum atomic E-state index is 13.3. The number of hydrogen-bond donors (Lipinski definition) is 1. The second-order valence-corrected chi connectivity index (χ2v) is 5.19. The van der Waals surface area contributed by atoms with Gasteiger partial charge in [0.25, 0.3) is 0 Å². The molecule has 7 heteroatoms. The highest BCUT2D eigenvalue weighted by atomic mass is 19.2. The summed E-state index contributed by atoms with van der Waals surface area (Å²) >= 11 is 0. The van der Waals surface area contributed by atoms with Gasteiger partial charge in [-0.1, -0.05) is 5.92 Å². The van der Waals surface area contributed by atoms with Gasteiger partial charge in [-0.15, -0.1) is 6.42 Å². The molecule has 0 saturated carbocycles. The number of anilines is 1. The monoisotopic (exact) mass is 322 g/mol. The Kier molecular flexibility index (Phi) is 5.29. The number of nitrogens with zero attached hydrogens (tertiary/aromatic N) is 1. The number of nitrogens with one attached hydrogen (secondary N) is 1. The minimum Gasteiger partial charge on any atom is -0.382 e. The minimum atomic E-state index is -1.05. The predicted octanol–water partition coefficient (Wildman–Crippen LogP) is 1.08. The minimum absolute atomic E-state index is 0.0187. The first kappa shape index (κ1) is 16.9. The van der Waals surface area contributed by atoms with E-state index in [4.69, 9.17) is 11.2 Å². The fraction of sp³-hybridized carbons (Fsp3) is 0.375. The molecule has 0 aliphatic carbocycles. The average molecular weight is 322 g/mol. The number of rotatable bonds is 5. The molecule has 2 atom stereocenters. The Bertz CT molecular complexity index is 657. The van der Waals surface area contributed by atoms with Crippen LogP contribution < -0.4 is 10.2 Å². The van der Waals surface area contributed by atoms with E-state index in [2.05, 4.69) is 11.2 Å². The van der Waals surface area contributed by atoms with Gasteiger partial charge in [-0.25, -0.2) is 8.78 Å². The first-order valence-corrected chi connectivity index (χ1v) is 6.97. The Morgan fingerprint density at radius 1 is 1.52 bits per heavy atom. The Balaban J connectivity index is 2.06. The van der Waals surface area contributed by atoms with Crippen molar-refractivity contribution >= 4 is 17.5 Å². The number of ether oxygens (including phenoxy) is 1. The van der Waals surface area contributed by atoms with Crippen molar-refractivity contribution in [1.82, 2.24) is 5.32 Å². The predicted molar refractivity (Wildman–Crippen MR) is 79.5 cm³/mol. The van der Waals surface area contributed by atoms with Crippen LogP contribution >= 0.6 is 0 Å².